The molecule has 1 rings (SSSR count). The topological polar surface area (TPSA) is 42.9 Å². The highest BCUT2D eigenvalue weighted by atomic mass is 16.6. The molecule has 3 heteroatoms. The molecule has 0 unspecified atom stereocenters. The van der Waals surface area contributed by atoms with E-state index < -0.39 is 0 Å². The number of carbonyl (C=O) groups excluding carboxylic acids is 1. The molecule has 0 spiro atoms. The van der Waals surface area contributed by atoms with E-state index in [4.69, 9.17) is 4.74 Å². The zero-order valence-corrected chi connectivity index (χ0v) is 19.4. The molecule has 0 atom stereocenters. The normalized spacial score (nSPS) is 15.7. The Kier molecular flexibility index (Phi) is 14.8. The van der Waals surface area contributed by atoms with Crippen molar-refractivity contribution in [1.29, 1.82) is 0 Å². The third kappa shape index (κ3) is 12.8. The molecule has 0 aromatic rings. The standard InChI is InChI=1S/C25H49NO2/c1-4-5-6-7-8-9-10-11-12-13-14-15-16-17-18-24(27)28-25(2,3)23-19-21-26-22-20-23/h23,26H,4-22H2,1-3H3/p+1. The molecule has 0 aromatic carbocycles. The number of hydrogen-bond acceptors (Lipinski definition) is 2. The maximum atomic E-state index is 12.2. The Morgan fingerprint density at radius 3 is 1.68 bits per heavy atom. The summed E-state index contributed by atoms with van der Waals surface area (Å²) >= 11 is 0. The number of carbonyl (C=O) groups is 1. The molecule has 1 fully saturated rings. The summed E-state index contributed by atoms with van der Waals surface area (Å²) in [5, 5.41) is 2.36. The molecule has 0 aromatic heterocycles. The van der Waals surface area contributed by atoms with Crippen LogP contribution < -0.4 is 5.32 Å². The van der Waals surface area contributed by atoms with E-state index in [1.165, 1.54) is 109 Å². The molecule has 166 valence electrons. The van der Waals surface area contributed by atoms with Gasteiger partial charge in [0.05, 0.1) is 13.1 Å². The monoisotopic (exact) mass is 396 g/mol. The molecule has 3 nitrogen and oxygen atoms in total. The lowest BCUT2D eigenvalue weighted by Gasteiger charge is -2.35. The smallest absolute Gasteiger partial charge is 0.306 e. The number of hydrogen-bond donors (Lipinski definition) is 1. The van der Waals surface area contributed by atoms with Crippen LogP contribution in [0, 0.1) is 5.92 Å². The predicted molar refractivity (Wildman–Crippen MR) is 119 cm³/mol. The van der Waals surface area contributed by atoms with Crippen molar-refractivity contribution in [1.82, 2.24) is 0 Å². The molecule has 0 saturated carbocycles. The Morgan fingerprint density at radius 2 is 1.21 bits per heavy atom. The van der Waals surface area contributed by atoms with Gasteiger partial charge in [-0.2, -0.15) is 0 Å². The molecule has 0 aliphatic carbocycles. The Balaban J connectivity index is 1.88. The zero-order valence-electron chi connectivity index (χ0n) is 19.4. The van der Waals surface area contributed by atoms with E-state index in [-0.39, 0.29) is 11.6 Å². The highest BCUT2D eigenvalue weighted by Gasteiger charge is 2.35. The average Bonchev–Trinajstić information content (AvgIpc) is 2.68. The maximum Gasteiger partial charge on any atom is 0.306 e. The fourth-order valence-corrected chi connectivity index (χ4v) is 4.51. The fraction of sp³-hybridized carbons (Fsp3) is 0.960. The third-order valence-electron chi connectivity index (χ3n) is 6.53. The lowest BCUT2D eigenvalue weighted by molar-refractivity contribution is -0.665. The van der Waals surface area contributed by atoms with E-state index in [0.717, 1.165) is 6.42 Å². The van der Waals surface area contributed by atoms with Gasteiger partial charge in [0, 0.05) is 25.2 Å². The van der Waals surface area contributed by atoms with Crippen LogP contribution in [0.5, 0.6) is 0 Å². The first-order chi connectivity index (χ1) is 13.6. The Morgan fingerprint density at radius 1 is 0.786 bits per heavy atom. The minimum Gasteiger partial charge on any atom is -0.459 e. The van der Waals surface area contributed by atoms with Gasteiger partial charge in [-0.1, -0.05) is 90.4 Å². The summed E-state index contributed by atoms with van der Waals surface area (Å²) in [6, 6.07) is 0. The van der Waals surface area contributed by atoms with Gasteiger partial charge in [-0.3, -0.25) is 4.79 Å². The van der Waals surface area contributed by atoms with Crippen LogP contribution in [-0.2, 0) is 9.53 Å². The molecule has 0 radical (unpaired) electrons. The fourth-order valence-electron chi connectivity index (χ4n) is 4.51. The minimum atomic E-state index is -0.290. The van der Waals surface area contributed by atoms with E-state index in [1.54, 1.807) is 0 Å². The SMILES string of the molecule is CCCCCCCCCCCCCCCCC(=O)OC(C)(C)C1CC[NH2+]CC1. The van der Waals surface area contributed by atoms with Gasteiger partial charge in [0.2, 0.25) is 0 Å². The number of quaternary nitrogens is 1. The molecule has 1 heterocycles. The van der Waals surface area contributed by atoms with Gasteiger partial charge >= 0.3 is 5.97 Å². The molecule has 1 aliphatic heterocycles. The average molecular weight is 397 g/mol. The maximum absolute atomic E-state index is 12.2. The van der Waals surface area contributed by atoms with E-state index in [9.17, 15) is 4.79 Å². The van der Waals surface area contributed by atoms with E-state index in [2.05, 4.69) is 26.1 Å². The number of ether oxygens (including phenoxy) is 1. The molecule has 0 amide bonds. The molecule has 0 bridgehead atoms. The van der Waals surface area contributed by atoms with E-state index in [0.29, 0.717) is 12.3 Å². The quantitative estimate of drug-likeness (QED) is 0.236. The van der Waals surface area contributed by atoms with Crippen molar-refractivity contribution in [2.75, 3.05) is 13.1 Å². The van der Waals surface area contributed by atoms with Crippen molar-refractivity contribution >= 4 is 5.97 Å². The lowest BCUT2D eigenvalue weighted by Crippen LogP contribution is -2.86. The summed E-state index contributed by atoms with van der Waals surface area (Å²) < 4.78 is 5.84. The van der Waals surface area contributed by atoms with Crippen LogP contribution >= 0.6 is 0 Å². The second kappa shape index (κ2) is 16.3. The number of esters is 1. The Bertz CT molecular complexity index is 375. The van der Waals surface area contributed by atoms with Crippen LogP contribution in [0.25, 0.3) is 0 Å². The van der Waals surface area contributed by atoms with E-state index in [1.807, 2.05) is 0 Å². The number of unbranched alkanes of at least 4 members (excludes halogenated alkanes) is 13. The zero-order chi connectivity index (χ0) is 20.5. The first-order valence-corrected chi connectivity index (χ1v) is 12.6. The predicted octanol–water partition coefficient (Wildman–Crippen LogP) is 6.15. The summed E-state index contributed by atoms with van der Waals surface area (Å²) in [4.78, 5) is 12.2. The van der Waals surface area contributed by atoms with Gasteiger partial charge in [-0.15, -0.1) is 0 Å². The third-order valence-corrected chi connectivity index (χ3v) is 6.53. The summed E-state index contributed by atoms with van der Waals surface area (Å²) in [6.07, 6.45) is 21.8. The second-order valence-electron chi connectivity index (χ2n) is 9.56. The largest absolute Gasteiger partial charge is 0.459 e. The number of nitrogens with two attached hydrogens (primary N) is 1. The molecular weight excluding hydrogens is 346 g/mol. The van der Waals surface area contributed by atoms with Gasteiger partial charge in [0.25, 0.3) is 0 Å². The minimum absolute atomic E-state index is 0.0125. The van der Waals surface area contributed by atoms with Crippen molar-refractivity contribution in [3.63, 3.8) is 0 Å². The van der Waals surface area contributed by atoms with Gasteiger partial charge in [-0.05, 0) is 20.3 Å². The summed E-state index contributed by atoms with van der Waals surface area (Å²) in [5.74, 6) is 0.538. The van der Waals surface area contributed by atoms with Gasteiger partial charge in [-0.25, -0.2) is 0 Å². The molecule has 1 saturated heterocycles. The van der Waals surface area contributed by atoms with E-state index >= 15 is 0 Å². The van der Waals surface area contributed by atoms with Crippen LogP contribution in [0.3, 0.4) is 0 Å². The van der Waals surface area contributed by atoms with Crippen molar-refractivity contribution in [2.24, 2.45) is 5.92 Å². The van der Waals surface area contributed by atoms with Gasteiger partial charge < -0.3 is 10.1 Å². The summed E-state index contributed by atoms with van der Waals surface area (Å²) in [7, 11) is 0. The van der Waals surface area contributed by atoms with Crippen molar-refractivity contribution in [3.8, 4) is 0 Å². The van der Waals surface area contributed by atoms with Crippen LogP contribution in [0.4, 0.5) is 0 Å². The van der Waals surface area contributed by atoms with Crippen LogP contribution in [0.1, 0.15) is 130 Å². The van der Waals surface area contributed by atoms with Crippen molar-refractivity contribution in [3.05, 3.63) is 0 Å². The summed E-state index contributed by atoms with van der Waals surface area (Å²) in [5.41, 5.74) is -0.290. The first-order valence-electron chi connectivity index (χ1n) is 12.6. The van der Waals surface area contributed by atoms with Gasteiger partial charge in [0.15, 0.2) is 0 Å². The van der Waals surface area contributed by atoms with Crippen LogP contribution in [0.2, 0.25) is 0 Å². The first kappa shape index (κ1) is 25.5. The van der Waals surface area contributed by atoms with Crippen molar-refractivity contribution < 1.29 is 14.8 Å². The molecule has 1 aliphatic rings. The molecule has 28 heavy (non-hydrogen) atoms. The molecular formula is C25H50NO2+. The highest BCUT2D eigenvalue weighted by Crippen LogP contribution is 2.28. The van der Waals surface area contributed by atoms with Crippen LogP contribution in [0.15, 0.2) is 0 Å². The number of rotatable bonds is 17. The molecule has 2 N–H and O–H groups in total. The Labute approximate surface area is 175 Å². The van der Waals surface area contributed by atoms with Crippen molar-refractivity contribution in [2.45, 2.75) is 136 Å². The second-order valence-corrected chi connectivity index (χ2v) is 9.56. The summed E-state index contributed by atoms with van der Waals surface area (Å²) in [6.45, 7) is 8.83. The highest BCUT2D eigenvalue weighted by molar-refractivity contribution is 5.69. The number of piperidine rings is 1. The Hall–Kier alpha value is -0.570. The van der Waals surface area contributed by atoms with Gasteiger partial charge in [0.1, 0.15) is 5.60 Å². The lowest BCUT2D eigenvalue weighted by atomic mass is 9.83. The van der Waals surface area contributed by atoms with Crippen LogP contribution in [-0.4, -0.2) is 24.7 Å².